The Bertz CT molecular complexity index is 896. The number of para-hydroxylation sites is 2. The molecule has 138 valence electrons. The average molecular weight is 358 g/mol. The smallest absolute Gasteiger partial charge is 0.126 e. The number of ether oxygens (including phenoxy) is 1. The summed E-state index contributed by atoms with van der Waals surface area (Å²) in [6, 6.07) is 24.7. The molecule has 0 bridgehead atoms. The summed E-state index contributed by atoms with van der Waals surface area (Å²) in [7, 11) is 1.70. The summed E-state index contributed by atoms with van der Waals surface area (Å²) >= 11 is 0. The van der Waals surface area contributed by atoms with Gasteiger partial charge in [-0.2, -0.15) is 0 Å². The van der Waals surface area contributed by atoms with E-state index in [9.17, 15) is 0 Å². The van der Waals surface area contributed by atoms with Crippen molar-refractivity contribution in [2.24, 2.45) is 4.99 Å². The van der Waals surface area contributed by atoms with Crippen molar-refractivity contribution in [2.45, 2.75) is 13.8 Å². The lowest BCUT2D eigenvalue weighted by atomic mass is 10.0. The number of anilines is 1. The van der Waals surface area contributed by atoms with Gasteiger partial charge in [-0.25, -0.2) is 0 Å². The van der Waals surface area contributed by atoms with Crippen LogP contribution in [0.15, 0.2) is 77.8 Å². The highest BCUT2D eigenvalue weighted by Crippen LogP contribution is 2.36. The van der Waals surface area contributed by atoms with Crippen LogP contribution in [0, 0.1) is 0 Å². The number of hydrogen-bond donors (Lipinski definition) is 0. The lowest BCUT2D eigenvalue weighted by Gasteiger charge is -2.20. The normalized spacial score (nSPS) is 10.9. The van der Waals surface area contributed by atoms with Gasteiger partial charge < -0.3 is 9.64 Å². The van der Waals surface area contributed by atoms with Gasteiger partial charge in [-0.1, -0.05) is 48.5 Å². The van der Waals surface area contributed by atoms with Gasteiger partial charge in [0.2, 0.25) is 0 Å². The first-order valence-corrected chi connectivity index (χ1v) is 9.38. The van der Waals surface area contributed by atoms with E-state index in [0.717, 1.165) is 41.2 Å². The summed E-state index contributed by atoms with van der Waals surface area (Å²) in [6.45, 7) is 6.37. The molecule has 0 aliphatic carbocycles. The van der Waals surface area contributed by atoms with E-state index < -0.39 is 0 Å². The third-order valence-corrected chi connectivity index (χ3v) is 4.68. The number of methoxy groups -OCH3 is 1. The Labute approximate surface area is 162 Å². The lowest BCUT2D eigenvalue weighted by molar-refractivity contribution is 0.416. The summed E-state index contributed by atoms with van der Waals surface area (Å²) in [6.07, 6.45) is 1.92. The van der Waals surface area contributed by atoms with Crippen LogP contribution in [0.3, 0.4) is 0 Å². The second-order valence-corrected chi connectivity index (χ2v) is 6.24. The van der Waals surface area contributed by atoms with Crippen molar-refractivity contribution in [2.75, 3.05) is 25.1 Å². The Morgan fingerprint density at radius 1 is 0.815 bits per heavy atom. The molecule has 0 fully saturated rings. The Hall–Kier alpha value is -3.07. The molecule has 0 aliphatic rings. The van der Waals surface area contributed by atoms with Gasteiger partial charge in [0.25, 0.3) is 0 Å². The van der Waals surface area contributed by atoms with E-state index in [2.05, 4.69) is 55.1 Å². The maximum Gasteiger partial charge on any atom is 0.126 e. The SMILES string of the molecule is CCN(CC)c1ccc(C=Nc2ccccc2-c2ccccc2OC)cc1. The van der Waals surface area contributed by atoms with Crippen molar-refractivity contribution in [1.29, 1.82) is 0 Å². The molecule has 0 unspecified atom stereocenters. The second-order valence-electron chi connectivity index (χ2n) is 6.24. The molecule has 27 heavy (non-hydrogen) atoms. The highest BCUT2D eigenvalue weighted by Gasteiger charge is 2.08. The van der Waals surface area contributed by atoms with Crippen LogP contribution in [0.25, 0.3) is 11.1 Å². The largest absolute Gasteiger partial charge is 0.496 e. The molecular formula is C24H26N2O. The maximum atomic E-state index is 5.52. The second kappa shape index (κ2) is 9.04. The van der Waals surface area contributed by atoms with E-state index in [1.54, 1.807) is 7.11 Å². The summed E-state index contributed by atoms with van der Waals surface area (Å²) < 4.78 is 5.52. The van der Waals surface area contributed by atoms with Gasteiger partial charge in [-0.05, 0) is 43.7 Å². The van der Waals surface area contributed by atoms with Crippen LogP contribution in [0.1, 0.15) is 19.4 Å². The number of aliphatic imine (C=N–C) groups is 1. The summed E-state index contributed by atoms with van der Waals surface area (Å²) in [5, 5.41) is 0. The fourth-order valence-corrected chi connectivity index (χ4v) is 3.19. The van der Waals surface area contributed by atoms with E-state index in [0.29, 0.717) is 0 Å². The van der Waals surface area contributed by atoms with Crippen molar-refractivity contribution in [3.8, 4) is 16.9 Å². The summed E-state index contributed by atoms with van der Waals surface area (Å²) in [5.41, 5.74) is 5.36. The highest BCUT2D eigenvalue weighted by molar-refractivity contribution is 5.87. The Balaban J connectivity index is 1.88. The first-order valence-electron chi connectivity index (χ1n) is 9.38. The van der Waals surface area contributed by atoms with Crippen molar-refractivity contribution in [3.63, 3.8) is 0 Å². The fourth-order valence-electron chi connectivity index (χ4n) is 3.19. The van der Waals surface area contributed by atoms with Crippen LogP contribution in [-0.2, 0) is 0 Å². The molecule has 3 aromatic carbocycles. The Morgan fingerprint density at radius 2 is 1.44 bits per heavy atom. The molecule has 0 spiro atoms. The Morgan fingerprint density at radius 3 is 2.11 bits per heavy atom. The molecule has 0 radical (unpaired) electrons. The van der Waals surface area contributed by atoms with E-state index in [1.165, 1.54) is 5.69 Å². The van der Waals surface area contributed by atoms with Crippen LogP contribution in [0.5, 0.6) is 5.75 Å². The topological polar surface area (TPSA) is 24.8 Å². The van der Waals surface area contributed by atoms with Crippen LogP contribution >= 0.6 is 0 Å². The molecule has 0 aliphatic heterocycles. The molecule has 0 heterocycles. The van der Waals surface area contributed by atoms with Gasteiger partial charge in [0.1, 0.15) is 5.75 Å². The first kappa shape index (κ1) is 18.7. The molecule has 0 atom stereocenters. The maximum absolute atomic E-state index is 5.52. The molecule has 3 heteroatoms. The van der Waals surface area contributed by atoms with Gasteiger partial charge in [-0.15, -0.1) is 0 Å². The van der Waals surface area contributed by atoms with E-state index in [-0.39, 0.29) is 0 Å². The van der Waals surface area contributed by atoms with Crippen LogP contribution in [-0.4, -0.2) is 26.4 Å². The monoisotopic (exact) mass is 358 g/mol. The first-order chi connectivity index (χ1) is 13.3. The van der Waals surface area contributed by atoms with Gasteiger partial charge >= 0.3 is 0 Å². The van der Waals surface area contributed by atoms with Gasteiger partial charge in [-0.3, -0.25) is 4.99 Å². The van der Waals surface area contributed by atoms with Gasteiger partial charge in [0, 0.05) is 36.1 Å². The van der Waals surface area contributed by atoms with Crippen molar-refractivity contribution >= 4 is 17.6 Å². The number of rotatable bonds is 7. The van der Waals surface area contributed by atoms with E-state index in [1.807, 2.05) is 42.6 Å². The van der Waals surface area contributed by atoms with Crippen molar-refractivity contribution < 1.29 is 4.74 Å². The highest BCUT2D eigenvalue weighted by atomic mass is 16.5. The van der Waals surface area contributed by atoms with Crippen LogP contribution in [0.2, 0.25) is 0 Å². The summed E-state index contributed by atoms with van der Waals surface area (Å²) in [5.74, 6) is 0.851. The van der Waals surface area contributed by atoms with Crippen LogP contribution in [0.4, 0.5) is 11.4 Å². The number of hydrogen-bond acceptors (Lipinski definition) is 3. The molecule has 0 saturated heterocycles. The quantitative estimate of drug-likeness (QED) is 0.487. The molecule has 3 aromatic rings. The van der Waals surface area contributed by atoms with E-state index >= 15 is 0 Å². The average Bonchev–Trinajstić information content (AvgIpc) is 2.74. The zero-order chi connectivity index (χ0) is 19.1. The molecule has 3 nitrogen and oxygen atoms in total. The third-order valence-electron chi connectivity index (χ3n) is 4.68. The minimum atomic E-state index is 0.851. The van der Waals surface area contributed by atoms with Crippen molar-refractivity contribution in [3.05, 3.63) is 78.4 Å². The van der Waals surface area contributed by atoms with E-state index in [4.69, 9.17) is 9.73 Å². The molecule has 0 aromatic heterocycles. The fraction of sp³-hybridized carbons (Fsp3) is 0.208. The molecular weight excluding hydrogens is 332 g/mol. The summed E-state index contributed by atoms with van der Waals surface area (Å²) in [4.78, 5) is 7.08. The zero-order valence-electron chi connectivity index (χ0n) is 16.2. The lowest BCUT2D eigenvalue weighted by Crippen LogP contribution is -2.21. The minimum Gasteiger partial charge on any atom is -0.496 e. The third kappa shape index (κ3) is 4.37. The number of nitrogens with zero attached hydrogens (tertiary/aromatic N) is 2. The molecule has 3 rings (SSSR count). The number of benzene rings is 3. The predicted molar refractivity (Wildman–Crippen MR) is 116 cm³/mol. The Kier molecular flexibility index (Phi) is 6.26. The predicted octanol–water partition coefficient (Wildman–Crippen LogP) is 5.96. The minimum absolute atomic E-state index is 0.851. The van der Waals surface area contributed by atoms with Gasteiger partial charge in [0.15, 0.2) is 0 Å². The molecule has 0 N–H and O–H groups in total. The standard InChI is InChI=1S/C24H26N2O/c1-4-26(5-2)20-16-14-19(15-17-20)18-25-23-12-8-6-10-21(23)22-11-7-9-13-24(22)27-3/h6-18H,4-5H2,1-3H3. The van der Waals surface area contributed by atoms with Gasteiger partial charge in [0.05, 0.1) is 12.8 Å². The molecule has 0 amide bonds. The van der Waals surface area contributed by atoms with Crippen LogP contribution < -0.4 is 9.64 Å². The molecule has 0 saturated carbocycles. The zero-order valence-corrected chi connectivity index (χ0v) is 16.2. The van der Waals surface area contributed by atoms with Crippen molar-refractivity contribution in [1.82, 2.24) is 0 Å².